The first-order valence-electron chi connectivity index (χ1n) is 4.29. The summed E-state index contributed by atoms with van der Waals surface area (Å²) in [7, 11) is 0. The predicted octanol–water partition coefficient (Wildman–Crippen LogP) is 1.65. The van der Waals surface area contributed by atoms with Crippen molar-refractivity contribution in [2.75, 3.05) is 19.6 Å². The molecule has 1 aliphatic rings. The van der Waals surface area contributed by atoms with Gasteiger partial charge in [-0.3, -0.25) is 4.90 Å². The van der Waals surface area contributed by atoms with Crippen molar-refractivity contribution in [3.63, 3.8) is 0 Å². The van der Waals surface area contributed by atoms with E-state index in [0.717, 1.165) is 38.8 Å². The van der Waals surface area contributed by atoms with Gasteiger partial charge < -0.3 is 4.79 Å². The van der Waals surface area contributed by atoms with E-state index in [1.807, 2.05) is 6.08 Å². The van der Waals surface area contributed by atoms with Crippen LogP contribution in [0.1, 0.15) is 12.8 Å². The van der Waals surface area contributed by atoms with Crippen LogP contribution in [0.5, 0.6) is 0 Å². The zero-order valence-corrected chi connectivity index (χ0v) is 7.83. The summed E-state index contributed by atoms with van der Waals surface area (Å²) >= 11 is 5.41. The number of hydrogen-bond acceptors (Lipinski definition) is 2. The van der Waals surface area contributed by atoms with Gasteiger partial charge in [-0.05, 0) is 25.9 Å². The molecule has 0 unspecified atom stereocenters. The Kier molecular flexibility index (Phi) is 4.33. The number of carbonyl (C=O) groups excluding carboxylic acids is 1. The molecule has 1 fully saturated rings. The molecule has 0 aromatic heterocycles. The van der Waals surface area contributed by atoms with Crippen molar-refractivity contribution in [2.24, 2.45) is 5.92 Å². The molecule has 1 aliphatic heterocycles. The maximum Gasteiger partial charge on any atom is 0.123 e. The maximum absolute atomic E-state index is 10.4. The molecular formula is C9H14ClNO. The fourth-order valence-electron chi connectivity index (χ4n) is 1.46. The van der Waals surface area contributed by atoms with Crippen LogP contribution in [0.2, 0.25) is 0 Å². The van der Waals surface area contributed by atoms with Gasteiger partial charge in [-0.15, -0.1) is 0 Å². The van der Waals surface area contributed by atoms with Gasteiger partial charge in [0.15, 0.2) is 0 Å². The summed E-state index contributed by atoms with van der Waals surface area (Å²) in [4.78, 5) is 12.7. The number of rotatable bonds is 3. The van der Waals surface area contributed by atoms with Crippen LogP contribution in [-0.4, -0.2) is 30.8 Å². The number of aldehydes is 1. The Morgan fingerprint density at radius 1 is 1.42 bits per heavy atom. The van der Waals surface area contributed by atoms with E-state index in [4.69, 9.17) is 11.6 Å². The molecule has 0 aromatic carbocycles. The standard InChI is InChI=1S/C9H14ClNO/c10-4-1-5-11-6-2-9(8-12)3-7-11/h1,4,8-9H,2-3,5-7H2. The summed E-state index contributed by atoms with van der Waals surface area (Å²) in [6, 6.07) is 0. The summed E-state index contributed by atoms with van der Waals surface area (Å²) in [5, 5.41) is 0. The minimum absolute atomic E-state index is 0.293. The van der Waals surface area contributed by atoms with Crippen molar-refractivity contribution in [2.45, 2.75) is 12.8 Å². The Labute approximate surface area is 78.2 Å². The summed E-state index contributed by atoms with van der Waals surface area (Å²) in [6.07, 6.45) is 5.01. The zero-order chi connectivity index (χ0) is 8.81. The third-order valence-electron chi connectivity index (χ3n) is 2.28. The Morgan fingerprint density at radius 2 is 2.08 bits per heavy atom. The molecule has 1 rings (SSSR count). The smallest absolute Gasteiger partial charge is 0.123 e. The number of piperidine rings is 1. The molecule has 2 nitrogen and oxygen atoms in total. The largest absolute Gasteiger partial charge is 0.303 e. The predicted molar refractivity (Wildman–Crippen MR) is 50.2 cm³/mol. The van der Waals surface area contributed by atoms with Gasteiger partial charge >= 0.3 is 0 Å². The molecule has 0 aliphatic carbocycles. The SMILES string of the molecule is O=CC1CCN(CC=CCl)CC1. The molecule has 0 spiro atoms. The van der Waals surface area contributed by atoms with E-state index >= 15 is 0 Å². The number of likely N-dealkylation sites (tertiary alicyclic amines) is 1. The Balaban J connectivity index is 2.21. The van der Waals surface area contributed by atoms with Crippen LogP contribution in [-0.2, 0) is 4.79 Å². The third kappa shape index (κ3) is 2.95. The molecule has 68 valence electrons. The van der Waals surface area contributed by atoms with Gasteiger partial charge in [0.05, 0.1) is 0 Å². The van der Waals surface area contributed by atoms with Crippen molar-refractivity contribution in [1.29, 1.82) is 0 Å². The molecule has 3 heteroatoms. The van der Waals surface area contributed by atoms with Crippen molar-refractivity contribution < 1.29 is 4.79 Å². The quantitative estimate of drug-likeness (QED) is 0.627. The van der Waals surface area contributed by atoms with Gasteiger partial charge in [-0.2, -0.15) is 0 Å². The highest BCUT2D eigenvalue weighted by Gasteiger charge is 2.16. The molecule has 0 aromatic rings. The molecule has 0 bridgehead atoms. The van der Waals surface area contributed by atoms with Gasteiger partial charge in [0.1, 0.15) is 6.29 Å². The van der Waals surface area contributed by atoms with Crippen LogP contribution in [0.4, 0.5) is 0 Å². The van der Waals surface area contributed by atoms with Crippen LogP contribution < -0.4 is 0 Å². The van der Waals surface area contributed by atoms with Crippen LogP contribution in [0.25, 0.3) is 0 Å². The Morgan fingerprint density at radius 3 is 2.58 bits per heavy atom. The molecule has 12 heavy (non-hydrogen) atoms. The summed E-state index contributed by atoms with van der Waals surface area (Å²) in [5.74, 6) is 0.293. The molecule has 0 amide bonds. The van der Waals surface area contributed by atoms with Crippen LogP contribution in [0.15, 0.2) is 11.6 Å². The van der Waals surface area contributed by atoms with Crippen molar-refractivity contribution in [1.82, 2.24) is 4.90 Å². The van der Waals surface area contributed by atoms with E-state index in [1.165, 1.54) is 0 Å². The normalized spacial score (nSPS) is 21.8. The third-order valence-corrected chi connectivity index (χ3v) is 2.46. The second-order valence-corrected chi connectivity index (χ2v) is 3.39. The molecule has 0 saturated carbocycles. The zero-order valence-electron chi connectivity index (χ0n) is 7.08. The number of carbonyl (C=O) groups is 1. The first kappa shape index (κ1) is 9.75. The number of nitrogens with zero attached hydrogens (tertiary/aromatic N) is 1. The highest BCUT2D eigenvalue weighted by Crippen LogP contribution is 2.14. The summed E-state index contributed by atoms with van der Waals surface area (Å²) in [5.41, 5.74) is 1.55. The lowest BCUT2D eigenvalue weighted by molar-refractivity contribution is -0.112. The molecule has 1 saturated heterocycles. The van der Waals surface area contributed by atoms with Crippen molar-refractivity contribution in [3.05, 3.63) is 11.6 Å². The summed E-state index contributed by atoms with van der Waals surface area (Å²) < 4.78 is 0. The highest BCUT2D eigenvalue weighted by atomic mass is 35.5. The van der Waals surface area contributed by atoms with Gasteiger partial charge in [0.2, 0.25) is 0 Å². The molecule has 0 atom stereocenters. The first-order chi connectivity index (χ1) is 5.86. The lowest BCUT2D eigenvalue weighted by atomic mass is 9.99. The second-order valence-electron chi connectivity index (χ2n) is 3.14. The average molecular weight is 188 g/mol. The van der Waals surface area contributed by atoms with Crippen molar-refractivity contribution >= 4 is 17.9 Å². The monoisotopic (exact) mass is 187 g/mol. The first-order valence-corrected chi connectivity index (χ1v) is 4.73. The molecule has 1 heterocycles. The van der Waals surface area contributed by atoms with Crippen molar-refractivity contribution in [3.8, 4) is 0 Å². The van der Waals surface area contributed by atoms with Crippen LogP contribution in [0, 0.1) is 5.92 Å². The maximum atomic E-state index is 10.4. The Bertz CT molecular complexity index is 162. The fraction of sp³-hybridized carbons (Fsp3) is 0.667. The lowest BCUT2D eigenvalue weighted by Crippen LogP contribution is -2.34. The molecule has 0 radical (unpaired) electrons. The van der Waals surface area contributed by atoms with E-state index in [2.05, 4.69) is 4.90 Å². The van der Waals surface area contributed by atoms with Gasteiger partial charge in [0.25, 0.3) is 0 Å². The van der Waals surface area contributed by atoms with Gasteiger partial charge in [-0.1, -0.05) is 17.7 Å². The number of hydrogen-bond donors (Lipinski definition) is 0. The van der Waals surface area contributed by atoms with E-state index in [0.29, 0.717) is 5.92 Å². The van der Waals surface area contributed by atoms with Gasteiger partial charge in [-0.25, -0.2) is 0 Å². The second kappa shape index (κ2) is 5.33. The topological polar surface area (TPSA) is 20.3 Å². The van der Waals surface area contributed by atoms with Crippen LogP contribution >= 0.6 is 11.6 Å². The van der Waals surface area contributed by atoms with E-state index < -0.39 is 0 Å². The minimum Gasteiger partial charge on any atom is -0.303 e. The fourth-order valence-corrected chi connectivity index (χ4v) is 1.54. The van der Waals surface area contributed by atoms with Gasteiger partial charge in [0, 0.05) is 18.0 Å². The number of halogens is 1. The minimum atomic E-state index is 0.293. The lowest BCUT2D eigenvalue weighted by Gasteiger charge is -2.28. The average Bonchev–Trinajstić information content (AvgIpc) is 2.15. The molecule has 0 N–H and O–H groups in total. The van der Waals surface area contributed by atoms with E-state index in [-0.39, 0.29) is 0 Å². The summed E-state index contributed by atoms with van der Waals surface area (Å²) in [6.45, 7) is 2.95. The highest BCUT2D eigenvalue weighted by molar-refractivity contribution is 6.25. The van der Waals surface area contributed by atoms with E-state index in [1.54, 1.807) is 5.54 Å². The molecular weight excluding hydrogens is 174 g/mol. The van der Waals surface area contributed by atoms with E-state index in [9.17, 15) is 4.79 Å². The van der Waals surface area contributed by atoms with Crippen LogP contribution in [0.3, 0.4) is 0 Å². The Hall–Kier alpha value is -0.340.